The molecule has 2 amide bonds. The summed E-state index contributed by atoms with van der Waals surface area (Å²) in [5, 5.41) is 11.0. The molecule has 3 atom stereocenters. The van der Waals surface area contributed by atoms with Crippen molar-refractivity contribution in [2.45, 2.75) is 70.9 Å². The van der Waals surface area contributed by atoms with Crippen LogP contribution in [-0.4, -0.2) is 62.4 Å². The first kappa shape index (κ1) is 32.7. The zero-order valence-corrected chi connectivity index (χ0v) is 28.0. The number of carboxylic acid groups (broad SMARTS) is 1. The zero-order valence-electron chi connectivity index (χ0n) is 26.5. The van der Waals surface area contributed by atoms with Crippen LogP contribution >= 0.6 is 23.2 Å². The van der Waals surface area contributed by atoms with Crippen molar-refractivity contribution in [2.24, 2.45) is 10.9 Å². The number of ether oxygens (including phenoxy) is 1. The summed E-state index contributed by atoms with van der Waals surface area (Å²) in [7, 11) is 0. The van der Waals surface area contributed by atoms with Gasteiger partial charge in [-0.3, -0.25) is 14.7 Å². The van der Waals surface area contributed by atoms with Gasteiger partial charge in [0.1, 0.15) is 22.7 Å². The molecule has 11 heteroatoms. The standard InChI is InChI=1S/C34H39Cl2N5O4/c1-7-45-28-26(19-37-30(38-28)32(2,3)4)27-39-33(5,22-10-14-24(35)15-11-22)34(6,23-12-16-25(36)17-13-23)41(27)31(44)40-18-8-9-21(20-40)29(42)43/h10-17,19,21H,7-9,18,20H2,1-6H3,(H,42,43). The van der Waals surface area contributed by atoms with E-state index in [1.54, 1.807) is 40.3 Å². The highest BCUT2D eigenvalue weighted by Gasteiger charge is 2.60. The Hall–Kier alpha value is -3.69. The summed E-state index contributed by atoms with van der Waals surface area (Å²) in [6.07, 6.45) is 2.75. The molecule has 1 saturated heterocycles. The second kappa shape index (κ2) is 12.2. The first-order chi connectivity index (χ1) is 21.2. The van der Waals surface area contributed by atoms with Crippen LogP contribution in [0.2, 0.25) is 10.0 Å². The average molecular weight is 653 g/mol. The number of piperidine rings is 1. The highest BCUT2D eigenvalue weighted by Crippen LogP contribution is 2.54. The Labute approximate surface area is 274 Å². The molecule has 2 aliphatic heterocycles. The van der Waals surface area contributed by atoms with E-state index in [-0.39, 0.29) is 18.0 Å². The molecule has 0 radical (unpaired) electrons. The van der Waals surface area contributed by atoms with Crippen molar-refractivity contribution in [3.8, 4) is 5.88 Å². The van der Waals surface area contributed by atoms with Gasteiger partial charge in [0.05, 0.1) is 18.1 Å². The minimum Gasteiger partial charge on any atom is -0.481 e. The SMILES string of the molecule is CCOc1nc(C(C)(C)C)ncc1C1=NC(C)(c2ccc(Cl)cc2)C(C)(c2ccc(Cl)cc2)N1C(=O)N1CCCC(C(=O)O)C1. The predicted molar refractivity (Wildman–Crippen MR) is 175 cm³/mol. The number of nitrogens with zero attached hydrogens (tertiary/aromatic N) is 5. The van der Waals surface area contributed by atoms with Crippen molar-refractivity contribution in [1.82, 2.24) is 19.8 Å². The first-order valence-electron chi connectivity index (χ1n) is 15.1. The van der Waals surface area contributed by atoms with Gasteiger partial charge in [-0.15, -0.1) is 0 Å². The van der Waals surface area contributed by atoms with Gasteiger partial charge in [-0.1, -0.05) is 68.2 Å². The van der Waals surface area contributed by atoms with Gasteiger partial charge >= 0.3 is 12.0 Å². The zero-order chi connectivity index (χ0) is 32.7. The predicted octanol–water partition coefficient (Wildman–Crippen LogP) is 7.29. The third-order valence-corrected chi connectivity index (χ3v) is 9.43. The molecular weight excluding hydrogens is 613 g/mol. The van der Waals surface area contributed by atoms with Gasteiger partial charge in [-0.25, -0.2) is 9.78 Å². The number of carboxylic acids is 1. The highest BCUT2D eigenvalue weighted by molar-refractivity contribution is 6.30. The van der Waals surface area contributed by atoms with E-state index in [2.05, 4.69) is 0 Å². The molecule has 0 saturated carbocycles. The quantitative estimate of drug-likeness (QED) is 0.300. The van der Waals surface area contributed by atoms with E-state index in [0.717, 1.165) is 11.1 Å². The number of carbonyl (C=O) groups excluding carboxylic acids is 1. The fourth-order valence-corrected chi connectivity index (χ4v) is 6.44. The van der Waals surface area contributed by atoms with E-state index in [1.807, 2.05) is 65.8 Å². The van der Waals surface area contributed by atoms with Gasteiger partial charge in [0.25, 0.3) is 0 Å². The van der Waals surface area contributed by atoms with Crippen molar-refractivity contribution >= 4 is 41.0 Å². The number of aliphatic imine (C=N–C) groups is 1. The van der Waals surface area contributed by atoms with Crippen LogP contribution in [0.1, 0.15) is 76.9 Å². The van der Waals surface area contributed by atoms with Crippen LogP contribution in [0.25, 0.3) is 0 Å². The Bertz CT molecular complexity index is 1620. The van der Waals surface area contributed by atoms with Crippen molar-refractivity contribution in [3.05, 3.63) is 87.3 Å². The van der Waals surface area contributed by atoms with Crippen molar-refractivity contribution in [3.63, 3.8) is 0 Å². The van der Waals surface area contributed by atoms with Gasteiger partial charge < -0.3 is 14.7 Å². The number of amides is 2. The minimum atomic E-state index is -1.12. The number of hydrogen-bond donors (Lipinski definition) is 1. The fourth-order valence-electron chi connectivity index (χ4n) is 6.19. The molecule has 5 rings (SSSR count). The molecule has 0 bridgehead atoms. The summed E-state index contributed by atoms with van der Waals surface area (Å²) in [4.78, 5) is 45.1. The summed E-state index contributed by atoms with van der Waals surface area (Å²) in [6, 6.07) is 14.4. The first-order valence-corrected chi connectivity index (χ1v) is 15.9. The number of halogens is 2. The second-order valence-corrected chi connectivity index (χ2v) is 13.8. The number of benzene rings is 2. The van der Waals surface area contributed by atoms with Gasteiger partial charge in [-0.05, 0) is 69.0 Å². The third kappa shape index (κ3) is 5.88. The third-order valence-electron chi connectivity index (χ3n) is 8.93. The molecule has 3 heterocycles. The molecule has 45 heavy (non-hydrogen) atoms. The Morgan fingerprint density at radius 3 is 2.18 bits per heavy atom. The number of carbonyl (C=O) groups is 2. The van der Waals surface area contributed by atoms with Gasteiger partial charge in [-0.2, -0.15) is 4.98 Å². The number of aromatic nitrogens is 2. The maximum Gasteiger partial charge on any atom is 0.326 e. The summed E-state index contributed by atoms with van der Waals surface area (Å²) in [6.45, 7) is 12.7. The van der Waals surface area contributed by atoms with E-state index in [4.69, 9.17) is 42.9 Å². The lowest BCUT2D eigenvalue weighted by atomic mass is 9.71. The summed E-state index contributed by atoms with van der Waals surface area (Å²) in [5.41, 5.74) is -0.460. The molecule has 1 N–H and O–H groups in total. The summed E-state index contributed by atoms with van der Waals surface area (Å²) in [5.74, 6) is -0.346. The molecule has 0 spiro atoms. The lowest BCUT2D eigenvalue weighted by Gasteiger charge is -2.47. The fraction of sp³-hybridized carbons (Fsp3) is 0.441. The topological polar surface area (TPSA) is 108 Å². The molecular formula is C34H39Cl2N5O4. The highest BCUT2D eigenvalue weighted by atomic mass is 35.5. The van der Waals surface area contributed by atoms with Crippen molar-refractivity contribution in [1.29, 1.82) is 0 Å². The van der Waals surface area contributed by atoms with Gasteiger partial charge in [0.2, 0.25) is 5.88 Å². The van der Waals surface area contributed by atoms with Crippen LogP contribution in [0.15, 0.2) is 59.7 Å². The molecule has 3 aromatic rings. The van der Waals surface area contributed by atoms with E-state index in [0.29, 0.717) is 59.1 Å². The smallest absolute Gasteiger partial charge is 0.326 e. The molecule has 9 nitrogen and oxygen atoms in total. The van der Waals surface area contributed by atoms with Gasteiger partial charge in [0.15, 0.2) is 0 Å². The number of hydrogen-bond acceptors (Lipinski definition) is 6. The number of rotatable bonds is 6. The minimum absolute atomic E-state index is 0.0874. The van der Waals surface area contributed by atoms with Gasteiger partial charge in [0, 0.05) is 34.7 Å². The van der Waals surface area contributed by atoms with Crippen LogP contribution in [0, 0.1) is 5.92 Å². The van der Waals surface area contributed by atoms with Crippen LogP contribution in [-0.2, 0) is 21.3 Å². The van der Waals surface area contributed by atoms with Crippen molar-refractivity contribution < 1.29 is 19.4 Å². The number of aliphatic carboxylic acids is 1. The second-order valence-electron chi connectivity index (χ2n) is 12.9. The lowest BCUT2D eigenvalue weighted by molar-refractivity contribution is -0.143. The number of amidine groups is 1. The lowest BCUT2D eigenvalue weighted by Crippen LogP contribution is -2.59. The van der Waals surface area contributed by atoms with E-state index in [1.165, 1.54) is 0 Å². The maximum absolute atomic E-state index is 14.9. The van der Waals surface area contributed by atoms with E-state index < -0.39 is 23.0 Å². The van der Waals surface area contributed by atoms with E-state index >= 15 is 0 Å². The monoisotopic (exact) mass is 651 g/mol. The molecule has 0 aliphatic carbocycles. The van der Waals surface area contributed by atoms with Crippen LogP contribution in [0.4, 0.5) is 4.79 Å². The Balaban J connectivity index is 1.79. The van der Waals surface area contributed by atoms with Crippen molar-refractivity contribution in [2.75, 3.05) is 19.7 Å². The summed E-state index contributed by atoms with van der Waals surface area (Å²) >= 11 is 12.7. The Kier molecular flexibility index (Phi) is 8.90. The number of urea groups is 1. The molecule has 1 fully saturated rings. The molecule has 1 aromatic heterocycles. The number of likely N-dealkylation sites (tertiary alicyclic amines) is 1. The summed E-state index contributed by atoms with van der Waals surface area (Å²) < 4.78 is 6.09. The normalized spacial score (nSPS) is 23.6. The Morgan fingerprint density at radius 1 is 1.02 bits per heavy atom. The van der Waals surface area contributed by atoms with E-state index in [9.17, 15) is 14.7 Å². The van der Waals surface area contributed by atoms with Crippen LogP contribution in [0.3, 0.4) is 0 Å². The molecule has 2 aromatic carbocycles. The maximum atomic E-state index is 14.9. The molecule has 238 valence electrons. The Morgan fingerprint density at radius 2 is 1.62 bits per heavy atom. The van der Waals surface area contributed by atoms with Crippen LogP contribution in [0.5, 0.6) is 5.88 Å². The molecule has 3 unspecified atom stereocenters. The largest absolute Gasteiger partial charge is 0.481 e. The molecule has 2 aliphatic rings. The average Bonchev–Trinajstić information content (AvgIpc) is 3.25. The van der Waals surface area contributed by atoms with Crippen LogP contribution < -0.4 is 4.74 Å².